The average Bonchev–Trinajstić information content (AvgIpc) is 2.04. The molecular formula is C7H10N3. The normalized spacial score (nSPS) is 9.40. The van der Waals surface area contributed by atoms with Crippen LogP contribution >= 0.6 is 0 Å². The van der Waals surface area contributed by atoms with Crippen LogP contribution in [0.25, 0.3) is 0 Å². The lowest BCUT2D eigenvalue weighted by Crippen LogP contribution is -1.97. The van der Waals surface area contributed by atoms with E-state index in [2.05, 4.69) is 10.3 Å². The van der Waals surface area contributed by atoms with E-state index in [-0.39, 0.29) is 6.54 Å². The smallest absolute Gasteiger partial charge is 0.130 e. The first kappa shape index (κ1) is 7.02. The van der Waals surface area contributed by atoms with Crippen LogP contribution in [0, 0.1) is 0 Å². The van der Waals surface area contributed by atoms with E-state index in [4.69, 9.17) is 5.73 Å². The summed E-state index contributed by atoms with van der Waals surface area (Å²) < 4.78 is 0. The van der Waals surface area contributed by atoms with Crippen LogP contribution in [-0.2, 0) is 6.54 Å². The predicted octanol–water partition coefficient (Wildman–Crippen LogP) is 0.906. The van der Waals surface area contributed by atoms with E-state index in [1.165, 1.54) is 0 Å². The van der Waals surface area contributed by atoms with Crippen LogP contribution in [0.1, 0.15) is 5.56 Å². The van der Waals surface area contributed by atoms with Gasteiger partial charge >= 0.3 is 0 Å². The number of nitrogens with one attached hydrogen (secondary N) is 2. The Morgan fingerprint density at radius 1 is 1.70 bits per heavy atom. The quantitative estimate of drug-likeness (QED) is 0.656. The van der Waals surface area contributed by atoms with Crippen molar-refractivity contribution in [2.45, 2.75) is 6.54 Å². The maximum atomic E-state index is 7.11. The molecule has 0 amide bonds. The third kappa shape index (κ3) is 1.25. The third-order valence-corrected chi connectivity index (χ3v) is 1.32. The molecular weight excluding hydrogens is 126 g/mol. The molecule has 1 rings (SSSR count). The number of hydrogen-bond acceptors (Lipinski definition) is 2. The minimum atomic E-state index is 0.282. The molecule has 2 N–H and O–H groups in total. The second kappa shape index (κ2) is 3.17. The zero-order valence-corrected chi connectivity index (χ0v) is 5.89. The van der Waals surface area contributed by atoms with Crippen molar-refractivity contribution in [3.8, 4) is 0 Å². The van der Waals surface area contributed by atoms with E-state index < -0.39 is 0 Å². The molecule has 0 aliphatic rings. The summed E-state index contributed by atoms with van der Waals surface area (Å²) in [5.74, 6) is 0.803. The first-order valence-corrected chi connectivity index (χ1v) is 3.14. The van der Waals surface area contributed by atoms with Crippen LogP contribution in [0.5, 0.6) is 0 Å². The van der Waals surface area contributed by atoms with Gasteiger partial charge in [-0.3, -0.25) is 5.73 Å². The Bertz CT molecular complexity index is 187. The van der Waals surface area contributed by atoms with E-state index in [1.807, 2.05) is 19.2 Å². The molecule has 0 aliphatic heterocycles. The monoisotopic (exact) mass is 136 g/mol. The summed E-state index contributed by atoms with van der Waals surface area (Å²) in [5.41, 5.74) is 8.04. The Kier molecular flexibility index (Phi) is 2.23. The number of aromatic nitrogens is 1. The summed E-state index contributed by atoms with van der Waals surface area (Å²) in [5, 5.41) is 2.92. The topological polar surface area (TPSA) is 48.7 Å². The molecule has 0 bridgehead atoms. The van der Waals surface area contributed by atoms with Gasteiger partial charge in [-0.05, 0) is 6.07 Å². The SMILES string of the molecule is CNc1ncccc1C[NH]. The fourth-order valence-electron chi connectivity index (χ4n) is 0.806. The van der Waals surface area contributed by atoms with Crippen molar-refractivity contribution in [1.82, 2.24) is 10.7 Å². The highest BCUT2D eigenvalue weighted by Crippen LogP contribution is 2.08. The number of hydrogen-bond donors (Lipinski definition) is 1. The summed E-state index contributed by atoms with van der Waals surface area (Å²) in [6.45, 7) is 0.282. The Labute approximate surface area is 60.3 Å². The van der Waals surface area contributed by atoms with Gasteiger partial charge in [0.25, 0.3) is 0 Å². The molecule has 0 aliphatic carbocycles. The largest absolute Gasteiger partial charge is 0.373 e. The van der Waals surface area contributed by atoms with Gasteiger partial charge < -0.3 is 5.32 Å². The molecule has 0 unspecified atom stereocenters. The molecule has 3 heteroatoms. The van der Waals surface area contributed by atoms with Gasteiger partial charge in [-0.25, -0.2) is 4.98 Å². The van der Waals surface area contributed by atoms with Crippen LogP contribution in [0.4, 0.5) is 5.82 Å². The van der Waals surface area contributed by atoms with Crippen molar-refractivity contribution >= 4 is 5.82 Å². The molecule has 0 aromatic carbocycles. The van der Waals surface area contributed by atoms with Gasteiger partial charge in [0.1, 0.15) is 5.82 Å². The van der Waals surface area contributed by atoms with E-state index in [0.717, 1.165) is 11.4 Å². The Hall–Kier alpha value is -1.09. The standard InChI is InChI=1S/C7H10N3/c1-9-7-6(5-8)3-2-4-10-7/h2-4,8H,5H2,1H3,(H,9,10). The minimum Gasteiger partial charge on any atom is -0.373 e. The summed E-state index contributed by atoms with van der Waals surface area (Å²) in [6, 6.07) is 3.73. The van der Waals surface area contributed by atoms with Gasteiger partial charge in [0, 0.05) is 25.4 Å². The molecule has 10 heavy (non-hydrogen) atoms. The lowest BCUT2D eigenvalue weighted by Gasteiger charge is -2.02. The molecule has 1 aromatic heterocycles. The maximum absolute atomic E-state index is 7.11. The minimum absolute atomic E-state index is 0.282. The average molecular weight is 136 g/mol. The third-order valence-electron chi connectivity index (χ3n) is 1.32. The van der Waals surface area contributed by atoms with Crippen LogP contribution in [0.3, 0.4) is 0 Å². The zero-order valence-electron chi connectivity index (χ0n) is 5.89. The summed E-state index contributed by atoms with van der Waals surface area (Å²) in [4.78, 5) is 4.04. The number of rotatable bonds is 2. The highest BCUT2D eigenvalue weighted by Gasteiger charge is 1.95. The first-order chi connectivity index (χ1) is 4.88. The molecule has 0 saturated heterocycles. The van der Waals surface area contributed by atoms with Crippen molar-refractivity contribution in [3.05, 3.63) is 23.9 Å². The zero-order chi connectivity index (χ0) is 7.40. The number of nitrogens with zero attached hydrogens (tertiary/aromatic N) is 1. The molecule has 0 spiro atoms. The van der Waals surface area contributed by atoms with Crippen molar-refractivity contribution in [1.29, 1.82) is 0 Å². The van der Waals surface area contributed by atoms with Gasteiger partial charge in [-0.2, -0.15) is 0 Å². The Balaban J connectivity index is 2.96. The molecule has 53 valence electrons. The van der Waals surface area contributed by atoms with Gasteiger partial charge in [0.15, 0.2) is 0 Å². The molecule has 1 aromatic rings. The lowest BCUT2D eigenvalue weighted by atomic mass is 10.2. The van der Waals surface area contributed by atoms with Gasteiger partial charge in [0.05, 0.1) is 0 Å². The second-order valence-corrected chi connectivity index (χ2v) is 1.94. The van der Waals surface area contributed by atoms with E-state index in [9.17, 15) is 0 Å². The van der Waals surface area contributed by atoms with E-state index in [1.54, 1.807) is 6.20 Å². The van der Waals surface area contributed by atoms with Crippen molar-refractivity contribution in [2.75, 3.05) is 12.4 Å². The number of anilines is 1. The predicted molar refractivity (Wildman–Crippen MR) is 40.6 cm³/mol. The molecule has 0 fully saturated rings. The highest BCUT2D eigenvalue weighted by atomic mass is 15.0. The van der Waals surface area contributed by atoms with Gasteiger partial charge in [-0.15, -0.1) is 0 Å². The van der Waals surface area contributed by atoms with Crippen molar-refractivity contribution in [3.63, 3.8) is 0 Å². The van der Waals surface area contributed by atoms with Crippen molar-refractivity contribution < 1.29 is 0 Å². The molecule has 3 nitrogen and oxygen atoms in total. The van der Waals surface area contributed by atoms with E-state index in [0.29, 0.717) is 0 Å². The molecule has 1 heterocycles. The summed E-state index contributed by atoms with van der Waals surface area (Å²) >= 11 is 0. The first-order valence-electron chi connectivity index (χ1n) is 3.14. The molecule has 1 radical (unpaired) electrons. The van der Waals surface area contributed by atoms with Gasteiger partial charge in [-0.1, -0.05) is 6.07 Å². The Morgan fingerprint density at radius 2 is 2.50 bits per heavy atom. The Morgan fingerprint density at radius 3 is 3.00 bits per heavy atom. The lowest BCUT2D eigenvalue weighted by molar-refractivity contribution is 1.01. The summed E-state index contributed by atoms with van der Waals surface area (Å²) in [7, 11) is 1.81. The van der Waals surface area contributed by atoms with Crippen molar-refractivity contribution in [2.24, 2.45) is 0 Å². The second-order valence-electron chi connectivity index (χ2n) is 1.94. The maximum Gasteiger partial charge on any atom is 0.130 e. The molecule has 0 saturated carbocycles. The van der Waals surface area contributed by atoms with E-state index >= 15 is 0 Å². The summed E-state index contributed by atoms with van der Waals surface area (Å²) in [6.07, 6.45) is 1.71. The number of pyridine rings is 1. The van der Waals surface area contributed by atoms with Crippen LogP contribution < -0.4 is 11.1 Å². The highest BCUT2D eigenvalue weighted by molar-refractivity contribution is 5.42. The fraction of sp³-hybridized carbons (Fsp3) is 0.286. The molecule has 0 atom stereocenters. The van der Waals surface area contributed by atoms with Crippen LogP contribution in [0.15, 0.2) is 18.3 Å². The van der Waals surface area contributed by atoms with Crippen LogP contribution in [0.2, 0.25) is 0 Å². The van der Waals surface area contributed by atoms with Gasteiger partial charge in [0.2, 0.25) is 0 Å². The van der Waals surface area contributed by atoms with Crippen LogP contribution in [-0.4, -0.2) is 12.0 Å². The fourth-order valence-corrected chi connectivity index (χ4v) is 0.806.